The first kappa shape index (κ1) is 25.7. The van der Waals surface area contributed by atoms with E-state index in [2.05, 4.69) is 15.1 Å². The predicted molar refractivity (Wildman–Crippen MR) is 125 cm³/mol. The van der Waals surface area contributed by atoms with Gasteiger partial charge >= 0.3 is 11.9 Å². The number of halogens is 5. The van der Waals surface area contributed by atoms with Crippen LogP contribution < -0.4 is 15.2 Å². The Kier molecular flexibility index (Phi) is 7.12. The summed E-state index contributed by atoms with van der Waals surface area (Å²) in [6.45, 7) is 2.26. The van der Waals surface area contributed by atoms with Gasteiger partial charge in [0.1, 0.15) is 22.5 Å². The summed E-state index contributed by atoms with van der Waals surface area (Å²) in [6.07, 6.45) is -4.28. The molecule has 190 valence electrons. The summed E-state index contributed by atoms with van der Waals surface area (Å²) in [4.78, 5) is 20.8. The predicted octanol–water partition coefficient (Wildman–Crippen LogP) is 4.92. The monoisotopic (exact) mass is 543 g/mol. The lowest BCUT2D eigenvalue weighted by molar-refractivity contribution is -0.189. The van der Waals surface area contributed by atoms with Crippen molar-refractivity contribution in [2.24, 2.45) is 0 Å². The zero-order chi connectivity index (χ0) is 26.2. The Morgan fingerprint density at radius 3 is 2.56 bits per heavy atom. The fourth-order valence-electron chi connectivity index (χ4n) is 3.40. The van der Waals surface area contributed by atoms with Gasteiger partial charge in [-0.15, -0.1) is 5.10 Å². The summed E-state index contributed by atoms with van der Waals surface area (Å²) >= 11 is 12.0. The minimum atomic E-state index is -4.68. The molecule has 0 saturated heterocycles. The van der Waals surface area contributed by atoms with Crippen LogP contribution in [0.15, 0.2) is 41.5 Å². The maximum Gasteiger partial charge on any atom is 0.425 e. The zero-order valence-corrected chi connectivity index (χ0v) is 20.3. The molecule has 3 aromatic heterocycles. The average molecular weight is 544 g/mol. The fraction of sp³-hybridized carbons (Fsp3) is 0.273. The Bertz CT molecular complexity index is 1490. The molecule has 0 aliphatic rings. The van der Waals surface area contributed by atoms with Crippen LogP contribution in [0.2, 0.25) is 10.2 Å². The molecule has 0 fully saturated rings. The van der Waals surface area contributed by atoms with Gasteiger partial charge in [0.25, 0.3) is 0 Å². The van der Waals surface area contributed by atoms with Crippen molar-refractivity contribution in [3.05, 3.63) is 63.1 Å². The summed E-state index contributed by atoms with van der Waals surface area (Å²) in [5, 5.41) is 14.3. The molecular weight excluding hydrogens is 526 g/mol. The van der Waals surface area contributed by atoms with E-state index in [1.807, 2.05) is 0 Å². The lowest BCUT2D eigenvalue weighted by Gasteiger charge is -2.20. The second-order valence-corrected chi connectivity index (χ2v) is 8.31. The van der Waals surface area contributed by atoms with E-state index < -0.39 is 24.6 Å². The topological polar surface area (TPSA) is 104 Å². The van der Waals surface area contributed by atoms with Gasteiger partial charge in [0.15, 0.2) is 17.7 Å². The molecule has 0 aliphatic heterocycles. The highest BCUT2D eigenvalue weighted by atomic mass is 35.5. The molecule has 0 radical (unpaired) electrons. The molecule has 1 atom stereocenters. The SMILES string of the molecule is CCn1c(CO)nn(-c2cc(OC(C)C(F)(F)F)c3c(Oc4cc(Cl)ncc4Cl)nccc3c2)c1=O. The number of benzene rings is 1. The molecule has 1 aromatic carbocycles. The van der Waals surface area contributed by atoms with Crippen LogP contribution in [0.1, 0.15) is 19.7 Å². The number of aromatic nitrogens is 5. The molecule has 0 saturated carbocycles. The number of ether oxygens (including phenoxy) is 2. The molecule has 9 nitrogen and oxygen atoms in total. The van der Waals surface area contributed by atoms with Crippen LogP contribution in [0, 0.1) is 0 Å². The van der Waals surface area contributed by atoms with Crippen LogP contribution in [0.5, 0.6) is 17.4 Å². The van der Waals surface area contributed by atoms with E-state index in [4.69, 9.17) is 32.7 Å². The molecule has 0 amide bonds. The standard InChI is InChI=1S/C22H18Cl2F3N5O4/c1-3-31-18(10-33)30-32(21(31)34)13-6-12-4-5-28-20(36-15-8-17(24)29-9-14(15)23)19(12)16(7-13)35-11(2)22(25,26)27/h4-9,11,33H,3,10H2,1-2H3. The molecule has 14 heteroatoms. The minimum Gasteiger partial charge on any atom is -0.480 e. The second-order valence-electron chi connectivity index (χ2n) is 7.51. The number of hydrogen-bond donors (Lipinski definition) is 1. The second kappa shape index (κ2) is 9.96. The molecule has 3 heterocycles. The maximum absolute atomic E-state index is 13.4. The van der Waals surface area contributed by atoms with Crippen molar-refractivity contribution in [3.63, 3.8) is 0 Å². The van der Waals surface area contributed by atoms with Crippen LogP contribution in [0.3, 0.4) is 0 Å². The van der Waals surface area contributed by atoms with Crippen LogP contribution in [-0.2, 0) is 13.2 Å². The van der Waals surface area contributed by atoms with Gasteiger partial charge < -0.3 is 14.6 Å². The highest BCUT2D eigenvalue weighted by Gasteiger charge is 2.38. The van der Waals surface area contributed by atoms with Crippen LogP contribution in [0.25, 0.3) is 16.5 Å². The zero-order valence-electron chi connectivity index (χ0n) is 18.8. The summed E-state index contributed by atoms with van der Waals surface area (Å²) in [6, 6.07) is 5.55. The molecule has 36 heavy (non-hydrogen) atoms. The number of fused-ring (bicyclic) bond motifs is 1. The average Bonchev–Trinajstić information content (AvgIpc) is 3.16. The first-order valence-corrected chi connectivity index (χ1v) is 11.2. The summed E-state index contributed by atoms with van der Waals surface area (Å²) in [5.41, 5.74) is -0.472. The van der Waals surface area contributed by atoms with E-state index in [1.165, 1.54) is 41.2 Å². The Hall–Kier alpha value is -3.35. The molecule has 1 N–H and O–H groups in total. The summed E-state index contributed by atoms with van der Waals surface area (Å²) in [7, 11) is 0. The van der Waals surface area contributed by atoms with E-state index in [0.717, 1.165) is 11.6 Å². The number of nitrogens with zero attached hydrogens (tertiary/aromatic N) is 5. The normalized spacial score (nSPS) is 12.7. The van der Waals surface area contributed by atoms with Crippen molar-refractivity contribution < 1.29 is 27.8 Å². The van der Waals surface area contributed by atoms with Crippen LogP contribution >= 0.6 is 23.2 Å². The smallest absolute Gasteiger partial charge is 0.425 e. The van der Waals surface area contributed by atoms with E-state index in [0.29, 0.717) is 5.39 Å². The largest absolute Gasteiger partial charge is 0.480 e. The van der Waals surface area contributed by atoms with Crippen molar-refractivity contribution in [2.45, 2.75) is 39.3 Å². The third-order valence-electron chi connectivity index (χ3n) is 5.18. The van der Waals surface area contributed by atoms with E-state index in [9.17, 15) is 23.1 Å². The van der Waals surface area contributed by atoms with E-state index >= 15 is 0 Å². The fourth-order valence-corrected chi connectivity index (χ4v) is 3.69. The lowest BCUT2D eigenvalue weighted by atomic mass is 10.1. The van der Waals surface area contributed by atoms with Crippen LogP contribution in [-0.4, -0.2) is 41.7 Å². The number of alkyl halides is 3. The van der Waals surface area contributed by atoms with Gasteiger partial charge in [0.05, 0.1) is 17.3 Å². The number of hydrogen-bond acceptors (Lipinski definition) is 7. The quantitative estimate of drug-likeness (QED) is 0.330. The van der Waals surface area contributed by atoms with Gasteiger partial charge in [-0.05, 0) is 31.4 Å². The van der Waals surface area contributed by atoms with E-state index in [1.54, 1.807) is 6.92 Å². The lowest BCUT2D eigenvalue weighted by Crippen LogP contribution is -2.31. The Labute approximate surface area is 211 Å². The molecule has 1 unspecified atom stereocenters. The van der Waals surface area contributed by atoms with Gasteiger partial charge in [-0.1, -0.05) is 23.2 Å². The van der Waals surface area contributed by atoms with Gasteiger partial charge in [-0.25, -0.2) is 14.8 Å². The molecule has 4 rings (SSSR count). The first-order chi connectivity index (χ1) is 17.0. The first-order valence-electron chi connectivity index (χ1n) is 10.5. The van der Waals surface area contributed by atoms with Gasteiger partial charge in [0.2, 0.25) is 5.88 Å². The number of rotatable bonds is 7. The van der Waals surface area contributed by atoms with Crippen molar-refractivity contribution in [3.8, 4) is 23.1 Å². The highest BCUT2D eigenvalue weighted by Crippen LogP contribution is 2.40. The Morgan fingerprint density at radius 2 is 1.92 bits per heavy atom. The molecule has 0 spiro atoms. The number of pyridine rings is 2. The van der Waals surface area contributed by atoms with Gasteiger partial charge in [-0.2, -0.15) is 17.9 Å². The van der Waals surface area contributed by atoms with Crippen molar-refractivity contribution >= 4 is 34.0 Å². The molecule has 0 aliphatic carbocycles. The molecule has 4 aromatic rings. The third kappa shape index (κ3) is 4.97. The highest BCUT2D eigenvalue weighted by molar-refractivity contribution is 6.33. The number of aliphatic hydroxyl groups excluding tert-OH is 1. The van der Waals surface area contributed by atoms with Crippen LogP contribution in [0.4, 0.5) is 13.2 Å². The van der Waals surface area contributed by atoms with Crippen molar-refractivity contribution in [1.82, 2.24) is 24.3 Å². The van der Waals surface area contributed by atoms with E-state index in [-0.39, 0.29) is 51.0 Å². The van der Waals surface area contributed by atoms with Gasteiger partial charge in [-0.3, -0.25) is 4.57 Å². The minimum absolute atomic E-state index is 0.0704. The van der Waals surface area contributed by atoms with Crippen molar-refractivity contribution in [2.75, 3.05) is 0 Å². The number of aliphatic hydroxyl groups is 1. The van der Waals surface area contributed by atoms with Crippen molar-refractivity contribution in [1.29, 1.82) is 0 Å². The summed E-state index contributed by atoms with van der Waals surface area (Å²) < 4.78 is 53.5. The molecule has 0 bridgehead atoms. The Balaban J connectivity index is 1.94. The third-order valence-corrected chi connectivity index (χ3v) is 5.67. The summed E-state index contributed by atoms with van der Waals surface area (Å²) in [5.74, 6) is -0.219. The Morgan fingerprint density at radius 1 is 1.17 bits per heavy atom. The maximum atomic E-state index is 13.4. The van der Waals surface area contributed by atoms with Gasteiger partial charge in [0, 0.05) is 24.9 Å². The molecular formula is C22H18Cl2F3N5O4.